The molecule has 0 aliphatic heterocycles. The zero-order valence-electron chi connectivity index (χ0n) is 18.8. The van der Waals surface area contributed by atoms with Crippen LogP contribution in [0.1, 0.15) is 41.4 Å². The van der Waals surface area contributed by atoms with Gasteiger partial charge in [0.1, 0.15) is 0 Å². The molecule has 4 rings (SSSR count). The topological polar surface area (TPSA) is 106 Å². The fraction of sp³-hybridized carbons (Fsp3) is 0.208. The molecular formula is C24H25N5O3S. The Morgan fingerprint density at radius 3 is 2.55 bits per heavy atom. The van der Waals surface area contributed by atoms with E-state index in [2.05, 4.69) is 20.1 Å². The highest BCUT2D eigenvalue weighted by atomic mass is 32.2. The number of fused-ring (bicyclic) bond motifs is 1. The van der Waals surface area contributed by atoms with E-state index in [0.29, 0.717) is 11.3 Å². The van der Waals surface area contributed by atoms with Crippen molar-refractivity contribution in [2.45, 2.75) is 38.6 Å². The number of carbonyl (C=O) groups excluding carboxylic acids is 1. The quantitative estimate of drug-likeness (QED) is 0.432. The molecule has 170 valence electrons. The van der Waals surface area contributed by atoms with Crippen LogP contribution in [0.5, 0.6) is 0 Å². The van der Waals surface area contributed by atoms with Crippen LogP contribution in [0.25, 0.3) is 11.0 Å². The molecule has 4 aromatic rings. The fourth-order valence-electron chi connectivity index (χ4n) is 3.55. The van der Waals surface area contributed by atoms with Crippen molar-refractivity contribution in [1.29, 1.82) is 0 Å². The number of para-hydroxylation sites is 1. The van der Waals surface area contributed by atoms with Gasteiger partial charge in [0.15, 0.2) is 5.65 Å². The third-order valence-corrected chi connectivity index (χ3v) is 6.74. The van der Waals surface area contributed by atoms with E-state index in [9.17, 15) is 13.2 Å². The second-order valence-electron chi connectivity index (χ2n) is 8.19. The van der Waals surface area contributed by atoms with Crippen molar-refractivity contribution in [2.24, 2.45) is 0 Å². The van der Waals surface area contributed by atoms with Crippen LogP contribution in [0.4, 0.5) is 11.4 Å². The Labute approximate surface area is 192 Å². The average molecular weight is 464 g/mol. The number of carbonyl (C=O) groups is 1. The monoisotopic (exact) mass is 463 g/mol. The number of aryl methyl sites for hydroxylation is 2. The molecule has 0 unspecified atom stereocenters. The Kier molecular flexibility index (Phi) is 5.90. The van der Waals surface area contributed by atoms with Crippen LogP contribution in [0.15, 0.2) is 65.8 Å². The maximum Gasteiger partial charge on any atom is 0.262 e. The van der Waals surface area contributed by atoms with Gasteiger partial charge in [-0.2, -0.15) is 5.10 Å². The first-order valence-electron chi connectivity index (χ1n) is 10.5. The van der Waals surface area contributed by atoms with Crippen molar-refractivity contribution in [3.63, 3.8) is 0 Å². The lowest BCUT2D eigenvalue weighted by atomic mass is 10.1. The molecule has 0 bridgehead atoms. The number of anilines is 2. The van der Waals surface area contributed by atoms with Gasteiger partial charge in [-0.15, -0.1) is 0 Å². The highest BCUT2D eigenvalue weighted by Gasteiger charge is 2.21. The summed E-state index contributed by atoms with van der Waals surface area (Å²) in [4.78, 5) is 17.6. The number of hydrogen-bond donors (Lipinski definition) is 2. The molecule has 1 amide bonds. The molecule has 0 aliphatic rings. The predicted octanol–water partition coefficient (Wildman–Crippen LogP) is 4.68. The number of nitrogens with zero attached hydrogens (tertiary/aromatic N) is 3. The second-order valence-corrected chi connectivity index (χ2v) is 9.84. The summed E-state index contributed by atoms with van der Waals surface area (Å²) in [5.74, 6) is -0.452. The van der Waals surface area contributed by atoms with Gasteiger partial charge in [0.2, 0.25) is 0 Å². The van der Waals surface area contributed by atoms with Gasteiger partial charge >= 0.3 is 0 Å². The summed E-state index contributed by atoms with van der Waals surface area (Å²) in [6.45, 7) is 7.59. The average Bonchev–Trinajstić information content (AvgIpc) is 3.19. The van der Waals surface area contributed by atoms with Crippen molar-refractivity contribution in [3.05, 3.63) is 77.6 Å². The number of rotatable bonds is 6. The molecule has 0 aliphatic carbocycles. The number of sulfonamides is 1. The number of amides is 1. The van der Waals surface area contributed by atoms with E-state index < -0.39 is 15.9 Å². The van der Waals surface area contributed by atoms with Crippen LogP contribution in [0.3, 0.4) is 0 Å². The van der Waals surface area contributed by atoms with Crippen molar-refractivity contribution in [2.75, 3.05) is 10.0 Å². The minimum atomic E-state index is -3.88. The molecule has 2 N–H and O–H groups in total. The third-order valence-electron chi connectivity index (χ3n) is 5.23. The standard InChI is InChI=1S/C24H25N5O3S/c1-15(2)29-23-18(13-26-29)12-19(14-25-23)27-24(30)20-7-5-6-8-21(20)28-33(31,32)22-11-16(3)9-10-17(22)4/h5-15,28H,1-4H3,(H,27,30). The van der Waals surface area contributed by atoms with Gasteiger partial charge in [0, 0.05) is 11.4 Å². The summed E-state index contributed by atoms with van der Waals surface area (Å²) < 4.78 is 30.5. The van der Waals surface area contributed by atoms with Gasteiger partial charge in [0.25, 0.3) is 15.9 Å². The molecule has 2 aromatic heterocycles. The van der Waals surface area contributed by atoms with E-state index >= 15 is 0 Å². The summed E-state index contributed by atoms with van der Waals surface area (Å²) in [6.07, 6.45) is 3.26. The largest absolute Gasteiger partial charge is 0.321 e. The van der Waals surface area contributed by atoms with Gasteiger partial charge in [-0.25, -0.2) is 18.1 Å². The van der Waals surface area contributed by atoms with Crippen molar-refractivity contribution in [3.8, 4) is 0 Å². The fourth-order valence-corrected chi connectivity index (χ4v) is 4.96. The molecule has 0 saturated heterocycles. The lowest BCUT2D eigenvalue weighted by molar-refractivity contribution is 0.102. The molecule has 2 aromatic carbocycles. The normalized spacial score (nSPS) is 11.7. The molecule has 0 radical (unpaired) electrons. The lowest BCUT2D eigenvalue weighted by Crippen LogP contribution is -2.19. The van der Waals surface area contributed by atoms with Crippen LogP contribution >= 0.6 is 0 Å². The molecule has 0 saturated carbocycles. The van der Waals surface area contributed by atoms with Crippen molar-refractivity contribution >= 4 is 38.3 Å². The summed E-state index contributed by atoms with van der Waals surface area (Å²) in [5.41, 5.74) is 3.06. The van der Waals surface area contributed by atoms with E-state index in [4.69, 9.17) is 0 Å². The Balaban J connectivity index is 1.61. The van der Waals surface area contributed by atoms with Crippen LogP contribution in [0, 0.1) is 13.8 Å². The van der Waals surface area contributed by atoms with Gasteiger partial charge in [-0.3, -0.25) is 9.52 Å². The van der Waals surface area contributed by atoms with Crippen molar-refractivity contribution < 1.29 is 13.2 Å². The molecule has 8 nitrogen and oxygen atoms in total. The summed E-state index contributed by atoms with van der Waals surface area (Å²) >= 11 is 0. The highest BCUT2D eigenvalue weighted by molar-refractivity contribution is 7.92. The molecular weight excluding hydrogens is 438 g/mol. The maximum absolute atomic E-state index is 13.0. The minimum Gasteiger partial charge on any atom is -0.321 e. The third kappa shape index (κ3) is 4.58. The minimum absolute atomic E-state index is 0.160. The number of aromatic nitrogens is 3. The van der Waals surface area contributed by atoms with E-state index in [-0.39, 0.29) is 22.2 Å². The number of benzene rings is 2. The van der Waals surface area contributed by atoms with Gasteiger partial charge in [-0.1, -0.05) is 24.3 Å². The van der Waals surface area contributed by atoms with E-state index in [1.165, 1.54) is 0 Å². The maximum atomic E-state index is 13.0. The van der Waals surface area contributed by atoms with Gasteiger partial charge < -0.3 is 5.32 Å². The molecule has 0 fully saturated rings. The second kappa shape index (κ2) is 8.67. The molecule has 0 atom stereocenters. The Bertz CT molecular complexity index is 1460. The van der Waals surface area contributed by atoms with Crippen LogP contribution in [0.2, 0.25) is 0 Å². The zero-order chi connectivity index (χ0) is 23.8. The molecule has 9 heteroatoms. The number of nitrogens with one attached hydrogen (secondary N) is 2. The predicted molar refractivity (Wildman–Crippen MR) is 129 cm³/mol. The van der Waals surface area contributed by atoms with Crippen LogP contribution in [-0.4, -0.2) is 29.1 Å². The lowest BCUT2D eigenvalue weighted by Gasteiger charge is -2.14. The molecule has 33 heavy (non-hydrogen) atoms. The van der Waals surface area contributed by atoms with E-state index in [1.807, 2.05) is 26.8 Å². The smallest absolute Gasteiger partial charge is 0.262 e. The summed E-state index contributed by atoms with van der Waals surface area (Å²) in [6, 6.07) is 13.6. The first-order chi connectivity index (χ1) is 15.7. The van der Waals surface area contributed by atoms with E-state index in [1.54, 1.807) is 66.5 Å². The van der Waals surface area contributed by atoms with Crippen molar-refractivity contribution in [1.82, 2.24) is 14.8 Å². The first-order valence-corrected chi connectivity index (χ1v) is 12.0. The molecule has 2 heterocycles. The highest BCUT2D eigenvalue weighted by Crippen LogP contribution is 2.25. The van der Waals surface area contributed by atoms with E-state index in [0.717, 1.165) is 16.6 Å². The zero-order valence-corrected chi connectivity index (χ0v) is 19.6. The first kappa shape index (κ1) is 22.5. The van der Waals surface area contributed by atoms with Crippen LogP contribution in [-0.2, 0) is 10.0 Å². The number of hydrogen-bond acceptors (Lipinski definition) is 5. The molecule has 0 spiro atoms. The van der Waals surface area contributed by atoms with Crippen LogP contribution < -0.4 is 10.0 Å². The number of pyridine rings is 1. The Hall–Kier alpha value is -3.72. The Morgan fingerprint density at radius 1 is 1.03 bits per heavy atom. The Morgan fingerprint density at radius 2 is 1.79 bits per heavy atom. The van der Waals surface area contributed by atoms with Gasteiger partial charge in [-0.05, 0) is 63.1 Å². The van der Waals surface area contributed by atoms with Gasteiger partial charge in [0.05, 0.1) is 34.2 Å². The summed E-state index contributed by atoms with van der Waals surface area (Å²) in [5, 5.41) is 7.93. The summed E-state index contributed by atoms with van der Waals surface area (Å²) in [7, 11) is -3.88. The SMILES string of the molecule is Cc1ccc(C)c(S(=O)(=O)Nc2ccccc2C(=O)Nc2cnc3c(cnn3C(C)C)c2)c1.